The van der Waals surface area contributed by atoms with E-state index < -0.39 is 0 Å². The number of halogens is 1. The van der Waals surface area contributed by atoms with Gasteiger partial charge in [-0.3, -0.25) is 9.59 Å². The summed E-state index contributed by atoms with van der Waals surface area (Å²) in [7, 11) is 0. The highest BCUT2D eigenvalue weighted by molar-refractivity contribution is 9.10. The van der Waals surface area contributed by atoms with Crippen LogP contribution in [0.2, 0.25) is 0 Å². The normalized spacial score (nSPS) is 10.5. The number of aromatic nitrogens is 1. The van der Waals surface area contributed by atoms with Crippen LogP contribution in [0.5, 0.6) is 0 Å². The molecule has 0 saturated carbocycles. The second kappa shape index (κ2) is 8.82. The number of hydrogen-bond donors (Lipinski definition) is 2. The number of benzene rings is 2. The first kappa shape index (κ1) is 18.4. The fourth-order valence-electron chi connectivity index (χ4n) is 2.25. The van der Waals surface area contributed by atoms with E-state index in [9.17, 15) is 9.59 Å². The summed E-state index contributed by atoms with van der Waals surface area (Å²) >= 11 is 4.70. The van der Waals surface area contributed by atoms with E-state index in [2.05, 4.69) is 31.5 Å². The summed E-state index contributed by atoms with van der Waals surface area (Å²) in [6.45, 7) is -0.0775. The van der Waals surface area contributed by atoms with Gasteiger partial charge in [0.25, 0.3) is 0 Å². The zero-order valence-electron chi connectivity index (χ0n) is 13.7. The van der Waals surface area contributed by atoms with Crippen molar-refractivity contribution in [3.63, 3.8) is 0 Å². The Hall–Kier alpha value is -2.38. The number of carbonyl (C=O) groups is 2. The molecular formula is C19H16BrN3O2S. The zero-order valence-corrected chi connectivity index (χ0v) is 16.1. The van der Waals surface area contributed by atoms with Gasteiger partial charge in [0.1, 0.15) is 0 Å². The van der Waals surface area contributed by atoms with Gasteiger partial charge in [-0.25, -0.2) is 4.98 Å². The summed E-state index contributed by atoms with van der Waals surface area (Å²) in [6.07, 6.45) is 0. The number of hydrogen-bond acceptors (Lipinski definition) is 4. The molecule has 3 aromatic rings. The molecule has 0 unspecified atom stereocenters. The molecule has 5 nitrogen and oxygen atoms in total. The molecule has 132 valence electrons. The van der Waals surface area contributed by atoms with E-state index in [4.69, 9.17) is 0 Å². The van der Waals surface area contributed by atoms with Gasteiger partial charge in [-0.2, -0.15) is 0 Å². The Morgan fingerprint density at radius 1 is 0.962 bits per heavy atom. The van der Waals surface area contributed by atoms with Crippen molar-refractivity contribution in [1.29, 1.82) is 0 Å². The number of nitrogens with zero attached hydrogens (tertiary/aromatic N) is 1. The number of fused-ring (bicyclic) bond motifs is 1. The second-order valence-electron chi connectivity index (χ2n) is 5.44. The van der Waals surface area contributed by atoms with E-state index in [0.29, 0.717) is 5.69 Å². The maximum atomic E-state index is 12.0. The van der Waals surface area contributed by atoms with Crippen LogP contribution in [-0.2, 0) is 9.59 Å². The Bertz CT molecular complexity index is 949. The fraction of sp³-hybridized carbons (Fsp3) is 0.105. The van der Waals surface area contributed by atoms with Crippen molar-refractivity contribution in [3.05, 3.63) is 65.1 Å². The zero-order chi connectivity index (χ0) is 18.4. The van der Waals surface area contributed by atoms with E-state index in [0.717, 1.165) is 20.4 Å². The fourth-order valence-corrected chi connectivity index (χ4v) is 3.35. The van der Waals surface area contributed by atoms with Gasteiger partial charge >= 0.3 is 0 Å². The first-order valence-electron chi connectivity index (χ1n) is 7.91. The van der Waals surface area contributed by atoms with E-state index in [1.54, 1.807) is 6.07 Å². The summed E-state index contributed by atoms with van der Waals surface area (Å²) in [6, 6.07) is 19.0. The number of rotatable bonds is 6. The third-order valence-electron chi connectivity index (χ3n) is 3.52. The number of amides is 2. The lowest BCUT2D eigenvalue weighted by Crippen LogP contribution is -2.33. The Morgan fingerprint density at radius 3 is 2.58 bits per heavy atom. The molecule has 0 fully saturated rings. The average Bonchev–Trinajstić information content (AvgIpc) is 2.66. The van der Waals surface area contributed by atoms with Crippen molar-refractivity contribution in [1.82, 2.24) is 10.3 Å². The Morgan fingerprint density at radius 2 is 1.73 bits per heavy atom. The highest BCUT2D eigenvalue weighted by atomic mass is 79.9. The quantitative estimate of drug-likeness (QED) is 0.583. The molecule has 0 aliphatic carbocycles. The van der Waals surface area contributed by atoms with Crippen LogP contribution < -0.4 is 10.6 Å². The van der Waals surface area contributed by atoms with Gasteiger partial charge in [0, 0.05) is 9.86 Å². The summed E-state index contributed by atoms with van der Waals surface area (Å²) in [5, 5.41) is 7.19. The lowest BCUT2D eigenvalue weighted by molar-refractivity contribution is -0.122. The molecule has 0 bridgehead atoms. The molecule has 0 saturated heterocycles. The van der Waals surface area contributed by atoms with Crippen molar-refractivity contribution < 1.29 is 9.59 Å². The number of para-hydroxylation sites is 2. The lowest BCUT2D eigenvalue weighted by atomic mass is 10.2. The molecule has 0 aliphatic heterocycles. The summed E-state index contributed by atoms with van der Waals surface area (Å²) in [4.78, 5) is 28.4. The first-order chi connectivity index (χ1) is 12.6. The number of nitrogens with one attached hydrogen (secondary N) is 2. The van der Waals surface area contributed by atoms with Crippen LogP contribution in [0.15, 0.2) is 70.2 Å². The highest BCUT2D eigenvalue weighted by Gasteiger charge is 2.09. The van der Waals surface area contributed by atoms with Crippen molar-refractivity contribution >= 4 is 56.1 Å². The average molecular weight is 430 g/mol. The molecule has 0 spiro atoms. The van der Waals surface area contributed by atoms with Gasteiger partial charge < -0.3 is 10.6 Å². The predicted molar refractivity (Wildman–Crippen MR) is 108 cm³/mol. The van der Waals surface area contributed by atoms with E-state index in [-0.39, 0.29) is 24.1 Å². The third-order valence-corrected chi connectivity index (χ3v) is 5.14. The van der Waals surface area contributed by atoms with E-state index >= 15 is 0 Å². The highest BCUT2D eigenvalue weighted by Crippen LogP contribution is 2.21. The molecule has 3 rings (SSSR count). The molecular weight excluding hydrogens is 414 g/mol. The molecule has 2 N–H and O–H groups in total. The molecule has 2 amide bonds. The minimum atomic E-state index is -0.279. The second-order valence-corrected chi connectivity index (χ2v) is 7.29. The molecule has 1 heterocycles. The van der Waals surface area contributed by atoms with Crippen molar-refractivity contribution in [2.75, 3.05) is 17.6 Å². The van der Waals surface area contributed by atoms with Crippen LogP contribution in [0.1, 0.15) is 0 Å². The number of anilines is 1. The molecule has 1 aromatic heterocycles. The van der Waals surface area contributed by atoms with E-state index in [1.807, 2.05) is 54.6 Å². The van der Waals surface area contributed by atoms with Gasteiger partial charge in [-0.05, 0) is 40.2 Å². The van der Waals surface area contributed by atoms with Crippen molar-refractivity contribution in [2.45, 2.75) is 5.03 Å². The van der Waals surface area contributed by atoms with Crippen LogP contribution in [0.3, 0.4) is 0 Å². The molecule has 0 atom stereocenters. The molecule has 26 heavy (non-hydrogen) atoms. The standard InChI is InChI=1S/C19H16BrN3O2S/c20-14-6-2-4-8-16(14)22-17(24)11-21-18(25)12-26-19-10-9-13-5-1-3-7-15(13)23-19/h1-10H,11-12H2,(H,21,25)(H,22,24). The van der Waals surface area contributed by atoms with Crippen LogP contribution in [0, 0.1) is 0 Å². The molecule has 2 aromatic carbocycles. The minimum absolute atomic E-state index is 0.0775. The van der Waals surface area contributed by atoms with Crippen LogP contribution >= 0.6 is 27.7 Å². The number of carbonyl (C=O) groups excluding carboxylic acids is 2. The predicted octanol–water partition coefficient (Wildman–Crippen LogP) is 3.84. The Balaban J connectivity index is 1.46. The smallest absolute Gasteiger partial charge is 0.243 e. The first-order valence-corrected chi connectivity index (χ1v) is 9.69. The summed E-state index contributed by atoms with van der Waals surface area (Å²) in [5.74, 6) is -0.292. The van der Waals surface area contributed by atoms with E-state index in [1.165, 1.54) is 11.8 Å². The monoisotopic (exact) mass is 429 g/mol. The van der Waals surface area contributed by atoms with Crippen molar-refractivity contribution in [2.24, 2.45) is 0 Å². The Labute approximate surface area is 163 Å². The maximum Gasteiger partial charge on any atom is 0.243 e. The lowest BCUT2D eigenvalue weighted by Gasteiger charge is -2.08. The van der Waals surface area contributed by atoms with Crippen LogP contribution in [-0.4, -0.2) is 29.1 Å². The van der Waals surface area contributed by atoms with Gasteiger partial charge in [0.15, 0.2) is 0 Å². The van der Waals surface area contributed by atoms with Crippen LogP contribution in [0.4, 0.5) is 5.69 Å². The number of pyridine rings is 1. The van der Waals surface area contributed by atoms with Crippen LogP contribution in [0.25, 0.3) is 10.9 Å². The van der Waals surface area contributed by atoms with Gasteiger partial charge in [0.05, 0.1) is 28.5 Å². The molecule has 0 aliphatic rings. The third kappa shape index (κ3) is 5.06. The van der Waals surface area contributed by atoms with Crippen molar-refractivity contribution in [3.8, 4) is 0 Å². The summed E-state index contributed by atoms with van der Waals surface area (Å²) < 4.78 is 0.789. The number of thioether (sulfide) groups is 1. The maximum absolute atomic E-state index is 12.0. The largest absolute Gasteiger partial charge is 0.346 e. The van der Waals surface area contributed by atoms with Gasteiger partial charge in [-0.15, -0.1) is 0 Å². The summed E-state index contributed by atoms with van der Waals surface area (Å²) in [5.41, 5.74) is 1.56. The minimum Gasteiger partial charge on any atom is -0.346 e. The van der Waals surface area contributed by atoms with Gasteiger partial charge in [-0.1, -0.05) is 48.2 Å². The topological polar surface area (TPSA) is 71.1 Å². The van der Waals surface area contributed by atoms with Gasteiger partial charge in [0.2, 0.25) is 11.8 Å². The SMILES string of the molecule is O=C(CSc1ccc2ccccc2n1)NCC(=O)Nc1ccccc1Br. The molecule has 0 radical (unpaired) electrons. The Kier molecular flexibility index (Phi) is 6.25. The molecule has 7 heteroatoms.